The molecule has 7 heteroatoms. The number of nitrogens with zero attached hydrogens (tertiary/aromatic N) is 4. The lowest BCUT2D eigenvalue weighted by Gasteiger charge is -2.33. The maximum absolute atomic E-state index is 5.88. The van der Waals surface area contributed by atoms with Crippen molar-refractivity contribution in [3.8, 4) is 0 Å². The quantitative estimate of drug-likeness (QED) is 0.638. The first kappa shape index (κ1) is 21.9. The molecule has 0 radical (unpaired) electrons. The summed E-state index contributed by atoms with van der Waals surface area (Å²) in [6, 6.07) is 11.5. The zero-order valence-corrected chi connectivity index (χ0v) is 19.7. The van der Waals surface area contributed by atoms with E-state index in [0.29, 0.717) is 6.04 Å². The molecule has 0 spiro atoms. The molecular formula is C25H35N5OS. The maximum atomic E-state index is 5.88. The van der Waals surface area contributed by atoms with Crippen LogP contribution in [0.4, 0.5) is 0 Å². The van der Waals surface area contributed by atoms with Crippen molar-refractivity contribution >= 4 is 17.3 Å². The van der Waals surface area contributed by atoms with Gasteiger partial charge in [0.05, 0.1) is 31.0 Å². The van der Waals surface area contributed by atoms with E-state index in [-0.39, 0.29) is 12.1 Å². The highest BCUT2D eigenvalue weighted by molar-refractivity contribution is 7.80. The number of morpholine rings is 1. The molecule has 1 saturated carbocycles. The molecular weight excluding hydrogens is 418 g/mol. The van der Waals surface area contributed by atoms with Crippen LogP contribution < -0.4 is 5.32 Å². The highest BCUT2D eigenvalue weighted by atomic mass is 32.1. The smallest absolute Gasteiger partial charge is 0.170 e. The SMILES string of the molecule is S=C1N[C@H](c2ccccn2)[C@@H](c2cccn2C2CCCCC2)N1CCCN1CCOCC1. The predicted octanol–water partition coefficient (Wildman–Crippen LogP) is 4.08. The number of pyridine rings is 1. The first-order valence-corrected chi connectivity index (χ1v) is 12.7. The fraction of sp³-hybridized carbons (Fsp3) is 0.600. The summed E-state index contributed by atoms with van der Waals surface area (Å²) in [5.41, 5.74) is 2.43. The van der Waals surface area contributed by atoms with Crippen LogP contribution in [0.1, 0.15) is 68.0 Å². The monoisotopic (exact) mass is 453 g/mol. The van der Waals surface area contributed by atoms with E-state index in [1.54, 1.807) is 0 Å². The topological polar surface area (TPSA) is 45.6 Å². The van der Waals surface area contributed by atoms with Crippen LogP contribution in [-0.2, 0) is 4.74 Å². The summed E-state index contributed by atoms with van der Waals surface area (Å²) >= 11 is 5.88. The van der Waals surface area contributed by atoms with Gasteiger partial charge in [-0.05, 0) is 55.7 Å². The van der Waals surface area contributed by atoms with Crippen molar-refractivity contribution in [2.75, 3.05) is 39.4 Å². The Hall–Kier alpha value is -1.96. The Balaban J connectivity index is 1.39. The minimum atomic E-state index is 0.0735. The van der Waals surface area contributed by atoms with Crippen molar-refractivity contribution < 1.29 is 4.74 Å². The van der Waals surface area contributed by atoms with Gasteiger partial charge in [0.1, 0.15) is 0 Å². The molecule has 0 bridgehead atoms. The first-order valence-electron chi connectivity index (χ1n) is 12.3. The Kier molecular flexibility index (Phi) is 7.05. The summed E-state index contributed by atoms with van der Waals surface area (Å²) in [6.07, 6.45) is 11.8. The summed E-state index contributed by atoms with van der Waals surface area (Å²) in [5.74, 6) is 0. The van der Waals surface area contributed by atoms with Crippen LogP contribution in [0.3, 0.4) is 0 Å². The zero-order chi connectivity index (χ0) is 21.8. The van der Waals surface area contributed by atoms with Crippen LogP contribution in [0, 0.1) is 0 Å². The van der Waals surface area contributed by atoms with Crippen LogP contribution in [-0.4, -0.2) is 63.9 Å². The van der Waals surface area contributed by atoms with Crippen molar-refractivity contribution in [2.45, 2.75) is 56.7 Å². The van der Waals surface area contributed by atoms with Gasteiger partial charge in [0.15, 0.2) is 5.11 Å². The fourth-order valence-electron chi connectivity index (χ4n) is 5.61. The van der Waals surface area contributed by atoms with E-state index < -0.39 is 0 Å². The molecule has 6 nitrogen and oxygen atoms in total. The lowest BCUT2D eigenvalue weighted by molar-refractivity contribution is 0.0365. The fourth-order valence-corrected chi connectivity index (χ4v) is 5.94. The van der Waals surface area contributed by atoms with Gasteiger partial charge in [-0.2, -0.15) is 0 Å². The van der Waals surface area contributed by atoms with Crippen molar-refractivity contribution in [2.24, 2.45) is 0 Å². The second kappa shape index (κ2) is 10.3. The maximum Gasteiger partial charge on any atom is 0.170 e. The van der Waals surface area contributed by atoms with E-state index in [1.165, 1.54) is 37.8 Å². The van der Waals surface area contributed by atoms with Crippen LogP contribution >= 0.6 is 12.2 Å². The van der Waals surface area contributed by atoms with Gasteiger partial charge in [-0.1, -0.05) is 25.3 Å². The zero-order valence-electron chi connectivity index (χ0n) is 18.9. The summed E-state index contributed by atoms with van der Waals surface area (Å²) in [7, 11) is 0. The lowest BCUT2D eigenvalue weighted by Crippen LogP contribution is -2.39. The van der Waals surface area contributed by atoms with Crippen LogP contribution in [0.25, 0.3) is 0 Å². The molecule has 5 rings (SSSR count). The Morgan fingerprint density at radius 2 is 1.88 bits per heavy atom. The molecule has 2 saturated heterocycles. The molecule has 172 valence electrons. The predicted molar refractivity (Wildman–Crippen MR) is 131 cm³/mol. The van der Waals surface area contributed by atoms with Gasteiger partial charge >= 0.3 is 0 Å². The van der Waals surface area contributed by atoms with E-state index in [4.69, 9.17) is 21.9 Å². The van der Waals surface area contributed by atoms with Gasteiger partial charge in [0.25, 0.3) is 0 Å². The third kappa shape index (κ3) is 4.70. The minimum absolute atomic E-state index is 0.0735. The van der Waals surface area contributed by atoms with Gasteiger partial charge < -0.3 is 19.5 Å². The largest absolute Gasteiger partial charge is 0.379 e. The van der Waals surface area contributed by atoms with Gasteiger partial charge in [0, 0.05) is 50.3 Å². The number of ether oxygens (including phenoxy) is 1. The number of hydrogen-bond acceptors (Lipinski definition) is 4. The van der Waals surface area contributed by atoms with Gasteiger partial charge in [-0.3, -0.25) is 9.88 Å². The summed E-state index contributed by atoms with van der Waals surface area (Å²) in [5, 5.41) is 4.48. The molecule has 4 heterocycles. The molecule has 0 unspecified atom stereocenters. The standard InChI is InChI=1S/C25H35N5OS/c32-25-27-23(21-10-4-5-12-26-21)24(30(25)15-7-13-28-16-18-31-19-17-28)22-11-6-14-29(22)20-8-2-1-3-9-20/h4-6,10-12,14,20,23-24H,1-3,7-9,13,15-19H2,(H,27,32)/t23-,24-/m1/s1. The van der Waals surface area contributed by atoms with Crippen molar-refractivity contribution in [3.63, 3.8) is 0 Å². The molecule has 1 aliphatic carbocycles. The van der Waals surface area contributed by atoms with Gasteiger partial charge in [-0.15, -0.1) is 0 Å². The molecule has 3 aliphatic rings. The minimum Gasteiger partial charge on any atom is -0.379 e. The Morgan fingerprint density at radius 3 is 2.66 bits per heavy atom. The lowest BCUT2D eigenvalue weighted by atomic mass is 9.94. The highest BCUT2D eigenvalue weighted by Crippen LogP contribution is 2.41. The Morgan fingerprint density at radius 1 is 1.03 bits per heavy atom. The van der Waals surface area contributed by atoms with Crippen LogP contribution in [0.15, 0.2) is 42.7 Å². The third-order valence-electron chi connectivity index (χ3n) is 7.26. The van der Waals surface area contributed by atoms with E-state index in [9.17, 15) is 0 Å². The molecule has 1 N–H and O–H groups in total. The highest BCUT2D eigenvalue weighted by Gasteiger charge is 2.41. The number of rotatable bonds is 7. The molecule has 2 aliphatic heterocycles. The number of thiocarbonyl (C=S) groups is 1. The summed E-state index contributed by atoms with van der Waals surface area (Å²) < 4.78 is 8.05. The molecule has 3 fully saturated rings. The van der Waals surface area contributed by atoms with Crippen molar-refractivity contribution in [1.82, 2.24) is 24.7 Å². The van der Waals surface area contributed by atoms with Crippen molar-refractivity contribution in [1.29, 1.82) is 0 Å². The molecule has 0 amide bonds. The number of aromatic nitrogens is 2. The second-order valence-electron chi connectivity index (χ2n) is 9.26. The number of nitrogens with one attached hydrogen (secondary N) is 1. The second-order valence-corrected chi connectivity index (χ2v) is 9.65. The average Bonchev–Trinajstić information content (AvgIpc) is 3.45. The van der Waals surface area contributed by atoms with Crippen LogP contribution in [0.5, 0.6) is 0 Å². The Bertz CT molecular complexity index is 875. The summed E-state index contributed by atoms with van der Waals surface area (Å²) in [6.45, 7) is 5.81. The third-order valence-corrected chi connectivity index (χ3v) is 7.61. The van der Waals surface area contributed by atoms with Crippen LogP contribution in [0.2, 0.25) is 0 Å². The Labute approximate surface area is 196 Å². The van der Waals surface area contributed by atoms with Crippen molar-refractivity contribution in [3.05, 3.63) is 54.1 Å². The van der Waals surface area contributed by atoms with Gasteiger partial charge in [-0.25, -0.2) is 0 Å². The van der Waals surface area contributed by atoms with E-state index in [1.807, 2.05) is 12.3 Å². The average molecular weight is 454 g/mol. The number of hydrogen-bond donors (Lipinski definition) is 1. The molecule has 2 atom stereocenters. The molecule has 32 heavy (non-hydrogen) atoms. The normalized spacial score (nSPS) is 25.2. The van der Waals surface area contributed by atoms with E-state index >= 15 is 0 Å². The summed E-state index contributed by atoms with van der Waals surface area (Å²) in [4.78, 5) is 9.63. The van der Waals surface area contributed by atoms with E-state index in [2.05, 4.69) is 50.1 Å². The molecule has 2 aromatic rings. The van der Waals surface area contributed by atoms with Gasteiger partial charge in [0.2, 0.25) is 0 Å². The molecule has 2 aromatic heterocycles. The van der Waals surface area contributed by atoms with E-state index in [0.717, 1.165) is 56.6 Å². The molecule has 0 aromatic carbocycles. The first-order chi connectivity index (χ1) is 15.8.